The molecule has 4 aliphatic rings. The molecule has 4 saturated heterocycles. The van der Waals surface area contributed by atoms with Gasteiger partial charge in [-0.05, 0) is 115 Å². The van der Waals surface area contributed by atoms with Crippen LogP contribution in [0.3, 0.4) is 0 Å². The number of alkyl halides is 2. The van der Waals surface area contributed by atoms with Crippen LogP contribution >= 0.6 is 22.6 Å². The Kier molecular flexibility index (Phi) is 22.5. The molecule has 4 aliphatic heterocycles. The first-order valence-electron chi connectivity index (χ1n) is 27.0. The fourth-order valence-electron chi connectivity index (χ4n) is 11.8. The second-order valence-corrected chi connectivity index (χ2v) is 24.2. The first-order chi connectivity index (χ1) is 35.7. The van der Waals surface area contributed by atoms with Crippen LogP contribution in [-0.4, -0.2) is 224 Å². The fourth-order valence-corrected chi connectivity index (χ4v) is 12.4. The highest BCUT2D eigenvalue weighted by Crippen LogP contribution is 2.41. The van der Waals surface area contributed by atoms with E-state index in [1.165, 1.54) is 18.7 Å². The van der Waals surface area contributed by atoms with Crippen molar-refractivity contribution in [2.75, 3.05) is 74.4 Å². The number of carbonyl (C=O) groups excluding carboxylic acids is 1. The molecule has 22 heteroatoms. The maximum atomic E-state index is 14.9. The Morgan fingerprint density at radius 1 is 0.961 bits per heavy atom. The number of aromatic nitrogens is 3. The highest BCUT2D eigenvalue weighted by molar-refractivity contribution is 14.1. The van der Waals surface area contributed by atoms with Crippen LogP contribution in [0.15, 0.2) is 30.5 Å². The molecule has 0 bridgehead atoms. The van der Waals surface area contributed by atoms with Gasteiger partial charge in [0, 0.05) is 84.0 Å². The summed E-state index contributed by atoms with van der Waals surface area (Å²) in [5, 5.41) is 68.3. The second-order valence-electron chi connectivity index (χ2n) is 23.0. The van der Waals surface area contributed by atoms with E-state index in [4.69, 9.17) is 37.9 Å². The summed E-state index contributed by atoms with van der Waals surface area (Å²) in [6, 6.07) is 6.20. The minimum Gasteiger partial charge on any atom is -0.448 e. The van der Waals surface area contributed by atoms with Gasteiger partial charge in [0.25, 0.3) is 0 Å². The SMILES string of the molecule is CO[C@H](c1ccc(CN2CCOCC2)cc1)[C@@H](CF)n1cc(CCN(C)[C@H]2C[C@@H](C)O[C@@H](O[C@@H]3[C@@H](C)[C@H](O[C@H]4C[C@@](C)(OC)[C@@H](O)[C@H](C)O4)[C@@H](C)C(=O)O[C@H](I)[C@@](C)(O)[C@H](O)[C@@H](C)N(C)C[C@H](C)C[C@@]3(C)O)[C@@H]2O)nn1. The van der Waals surface area contributed by atoms with Crippen LogP contribution < -0.4 is 0 Å². The van der Waals surface area contributed by atoms with E-state index in [2.05, 4.69) is 15.2 Å². The molecule has 434 valence electrons. The van der Waals surface area contributed by atoms with Gasteiger partial charge >= 0.3 is 5.97 Å². The summed E-state index contributed by atoms with van der Waals surface area (Å²) < 4.78 is 64.7. The third kappa shape index (κ3) is 15.1. The Bertz CT molecular complexity index is 2110. The number of hydrogen-bond donors (Lipinski definition) is 5. The quantitative estimate of drug-likeness (QED) is 0.0914. The number of likely N-dealkylation sites (N-methyl/N-ethyl adjacent to an activating group) is 2. The standard InChI is InChI=1S/C54H90FIN6O14/c1-31-25-52(7,67)48(33(3)44(74-42-26-53(8,70-13)47(65)36(6)73-42)34(4)49(66)76-51(56)54(9,68)46(64)35(5)60(11)28-31)75-50-43(63)40(24-32(2)72-50)59(10)19-18-39-30-62(58-57-39)41(27-55)45(69-12)38-16-14-37(15-17-38)29-61-20-22-71-23-21-61/h14-17,30-36,40-48,50-51,63-65,67-68H,18-29H2,1-13H3/t31-,32-,33+,34-,35-,36+,40+,41-,42+,43-,44+,45-,46-,47+,48-,50+,51+,52-,53-,54+/m1/s1. The first-order valence-corrected chi connectivity index (χ1v) is 28.3. The van der Waals surface area contributed by atoms with Gasteiger partial charge in [-0.25, -0.2) is 9.07 Å². The molecule has 0 saturated carbocycles. The van der Waals surface area contributed by atoms with E-state index >= 15 is 0 Å². The zero-order valence-electron chi connectivity index (χ0n) is 47.0. The predicted octanol–water partition coefficient (Wildman–Crippen LogP) is 3.82. The summed E-state index contributed by atoms with van der Waals surface area (Å²) in [7, 11) is 6.77. The molecule has 2 aromatic rings. The zero-order valence-corrected chi connectivity index (χ0v) is 49.2. The van der Waals surface area contributed by atoms with Gasteiger partial charge in [0.05, 0.1) is 60.4 Å². The average Bonchev–Trinajstić information content (AvgIpc) is 3.86. The Morgan fingerprint density at radius 2 is 1.63 bits per heavy atom. The third-order valence-corrected chi connectivity index (χ3v) is 18.2. The summed E-state index contributed by atoms with van der Waals surface area (Å²) in [4.78, 5) is 20.6. The molecule has 20 nitrogen and oxygen atoms in total. The number of benzene rings is 1. The number of esters is 1. The lowest BCUT2D eigenvalue weighted by Gasteiger charge is -2.49. The molecule has 1 aromatic carbocycles. The maximum absolute atomic E-state index is 14.9. The molecule has 5 N–H and O–H groups in total. The minimum atomic E-state index is -1.87. The Hall–Kier alpha value is -2.11. The lowest BCUT2D eigenvalue weighted by molar-refractivity contribution is -0.318. The molecule has 4 fully saturated rings. The number of hydrogen-bond acceptors (Lipinski definition) is 19. The largest absolute Gasteiger partial charge is 0.448 e. The number of ether oxygens (including phenoxy) is 8. The number of aliphatic hydroxyl groups is 5. The van der Waals surface area contributed by atoms with E-state index in [0.29, 0.717) is 31.6 Å². The molecule has 0 amide bonds. The van der Waals surface area contributed by atoms with E-state index in [9.17, 15) is 34.7 Å². The highest BCUT2D eigenvalue weighted by atomic mass is 127. The molecule has 0 radical (unpaired) electrons. The van der Waals surface area contributed by atoms with Crippen molar-refractivity contribution in [2.45, 2.75) is 195 Å². The number of cyclic esters (lactones) is 1. The number of halogens is 2. The van der Waals surface area contributed by atoms with Gasteiger partial charge in [-0.15, -0.1) is 5.10 Å². The van der Waals surface area contributed by atoms with Crippen LogP contribution in [0, 0.1) is 17.8 Å². The van der Waals surface area contributed by atoms with Crippen molar-refractivity contribution in [3.05, 3.63) is 47.3 Å². The van der Waals surface area contributed by atoms with Gasteiger partial charge in [0.1, 0.15) is 42.7 Å². The van der Waals surface area contributed by atoms with Crippen molar-refractivity contribution in [2.24, 2.45) is 17.8 Å². The van der Waals surface area contributed by atoms with Gasteiger partial charge < -0.3 is 73.2 Å². The highest BCUT2D eigenvalue weighted by Gasteiger charge is 2.53. The zero-order chi connectivity index (χ0) is 56.0. The summed E-state index contributed by atoms with van der Waals surface area (Å²) in [6.45, 7) is 19.7. The Morgan fingerprint density at radius 3 is 2.26 bits per heavy atom. The second kappa shape index (κ2) is 27.1. The van der Waals surface area contributed by atoms with Crippen molar-refractivity contribution >= 4 is 28.6 Å². The Balaban J connectivity index is 1.23. The number of carbonyl (C=O) groups is 1. The number of methoxy groups -OCH3 is 2. The van der Waals surface area contributed by atoms with Gasteiger partial charge in [-0.3, -0.25) is 9.69 Å². The first kappa shape index (κ1) is 63.1. The van der Waals surface area contributed by atoms with E-state index in [-0.39, 0.29) is 18.8 Å². The van der Waals surface area contributed by atoms with Gasteiger partial charge in [-0.1, -0.05) is 43.3 Å². The lowest BCUT2D eigenvalue weighted by Crippen LogP contribution is -2.60. The molecular weight excluding hydrogens is 1100 g/mol. The Labute approximate surface area is 463 Å². The number of morpholine rings is 1. The summed E-state index contributed by atoms with van der Waals surface area (Å²) >= 11 is 1.82. The molecule has 0 aliphatic carbocycles. The lowest BCUT2D eigenvalue weighted by atomic mass is 9.77. The van der Waals surface area contributed by atoms with Crippen molar-refractivity contribution in [3.63, 3.8) is 0 Å². The van der Waals surface area contributed by atoms with Gasteiger partial charge in [0.2, 0.25) is 0 Å². The summed E-state index contributed by atoms with van der Waals surface area (Å²) in [5.74, 6) is -2.90. The number of rotatable bonds is 16. The van der Waals surface area contributed by atoms with Crippen LogP contribution in [0.4, 0.5) is 4.39 Å². The minimum absolute atomic E-state index is 0.0834. The van der Waals surface area contributed by atoms with Gasteiger partial charge in [-0.2, -0.15) is 0 Å². The summed E-state index contributed by atoms with van der Waals surface area (Å²) in [6.07, 6.45) is -6.99. The molecule has 20 atom stereocenters. The molecule has 0 unspecified atom stereocenters. The smallest absolute Gasteiger partial charge is 0.312 e. The number of nitrogens with zero attached hydrogens (tertiary/aromatic N) is 6. The summed E-state index contributed by atoms with van der Waals surface area (Å²) in [5.41, 5.74) is -2.01. The molecule has 5 heterocycles. The van der Waals surface area contributed by atoms with Crippen LogP contribution in [0.25, 0.3) is 0 Å². The van der Waals surface area contributed by atoms with E-state index in [0.717, 1.165) is 44.0 Å². The molecular formula is C54H90FIN6O14. The van der Waals surface area contributed by atoms with Crippen LogP contribution in [0.2, 0.25) is 0 Å². The molecule has 76 heavy (non-hydrogen) atoms. The fraction of sp³-hybridized carbons (Fsp3) is 0.833. The van der Waals surface area contributed by atoms with E-state index in [1.807, 2.05) is 84.6 Å². The van der Waals surface area contributed by atoms with Crippen molar-refractivity contribution in [1.29, 1.82) is 0 Å². The molecule has 1 aromatic heterocycles. The molecule has 0 spiro atoms. The number of aliphatic hydroxyl groups excluding tert-OH is 3. The van der Waals surface area contributed by atoms with Crippen LogP contribution in [0.1, 0.15) is 111 Å². The topological polar surface area (TPSA) is 232 Å². The third-order valence-electron chi connectivity index (χ3n) is 16.7. The average molecular weight is 1190 g/mol. The maximum Gasteiger partial charge on any atom is 0.312 e. The van der Waals surface area contributed by atoms with E-state index in [1.54, 1.807) is 54.8 Å². The van der Waals surface area contributed by atoms with E-state index < -0.39 is 125 Å². The normalized spacial score (nSPS) is 40.0. The molecule has 6 rings (SSSR count). The van der Waals surface area contributed by atoms with Gasteiger partial charge in [0.15, 0.2) is 16.7 Å². The predicted molar refractivity (Wildman–Crippen MR) is 288 cm³/mol. The van der Waals surface area contributed by atoms with Crippen molar-refractivity contribution < 1.29 is 72.6 Å². The monoisotopic (exact) mass is 1190 g/mol. The van der Waals surface area contributed by atoms with Crippen LogP contribution in [0.5, 0.6) is 0 Å². The van der Waals surface area contributed by atoms with Crippen molar-refractivity contribution in [1.82, 2.24) is 29.7 Å². The van der Waals surface area contributed by atoms with Crippen LogP contribution in [-0.2, 0) is 55.7 Å². The van der Waals surface area contributed by atoms with Crippen molar-refractivity contribution in [3.8, 4) is 0 Å².